The molecule has 168 valence electrons. The van der Waals surface area contributed by atoms with E-state index in [-0.39, 0.29) is 0 Å². The molecule has 4 nitrogen and oxygen atoms in total. The summed E-state index contributed by atoms with van der Waals surface area (Å²) >= 11 is 0. The second-order valence-electron chi connectivity index (χ2n) is 8.63. The van der Waals surface area contributed by atoms with E-state index in [0.717, 1.165) is 19.3 Å². The first-order valence-corrected chi connectivity index (χ1v) is 17.3. The third kappa shape index (κ3) is 8.56. The standard InChI is InChI=1S/C22H50N2O2Si2/c1-7-25-27(6,26-8-2)22-16-15-19-24(28(9-3,10-4)11-5)21-20-23-17-13-12-14-18-23/h7-22H2,1-6H3. The summed E-state index contributed by atoms with van der Waals surface area (Å²) in [6.07, 6.45) is 6.76. The predicted molar refractivity (Wildman–Crippen MR) is 128 cm³/mol. The van der Waals surface area contributed by atoms with Gasteiger partial charge in [0.25, 0.3) is 0 Å². The number of rotatable bonds is 16. The first-order valence-electron chi connectivity index (χ1n) is 12.2. The summed E-state index contributed by atoms with van der Waals surface area (Å²) in [5.41, 5.74) is 0. The average Bonchev–Trinajstić information content (AvgIpc) is 2.71. The van der Waals surface area contributed by atoms with Crippen molar-refractivity contribution in [2.45, 2.75) is 97.4 Å². The van der Waals surface area contributed by atoms with Gasteiger partial charge in [-0.1, -0.05) is 33.6 Å². The average molecular weight is 431 g/mol. The van der Waals surface area contributed by atoms with Crippen LogP contribution in [0.25, 0.3) is 0 Å². The van der Waals surface area contributed by atoms with E-state index < -0.39 is 16.8 Å². The number of unbranched alkanes of at least 4 members (excludes halogenated alkanes) is 1. The number of likely N-dealkylation sites (tertiary alicyclic amines) is 1. The Hall–Kier alpha value is 0.274. The van der Waals surface area contributed by atoms with E-state index in [4.69, 9.17) is 8.85 Å². The smallest absolute Gasteiger partial charge is 0.334 e. The van der Waals surface area contributed by atoms with Gasteiger partial charge in [0, 0.05) is 26.3 Å². The van der Waals surface area contributed by atoms with Gasteiger partial charge in [-0.25, -0.2) is 0 Å². The van der Waals surface area contributed by atoms with Crippen molar-refractivity contribution in [3.05, 3.63) is 0 Å². The van der Waals surface area contributed by atoms with E-state index in [1.807, 2.05) is 0 Å². The largest absolute Gasteiger partial charge is 0.395 e. The summed E-state index contributed by atoms with van der Waals surface area (Å²) in [7, 11) is -3.26. The molecule has 1 aliphatic heterocycles. The van der Waals surface area contributed by atoms with Crippen LogP contribution in [0.3, 0.4) is 0 Å². The van der Waals surface area contributed by atoms with Crippen LogP contribution < -0.4 is 0 Å². The Bertz CT molecular complexity index is 374. The van der Waals surface area contributed by atoms with Gasteiger partial charge in [0.1, 0.15) is 8.24 Å². The summed E-state index contributed by atoms with van der Waals surface area (Å²) in [6, 6.07) is 5.31. The van der Waals surface area contributed by atoms with Gasteiger partial charge in [-0.2, -0.15) is 0 Å². The van der Waals surface area contributed by atoms with Gasteiger partial charge < -0.3 is 18.3 Å². The molecule has 0 amide bonds. The SMILES string of the molecule is CCO[Si](C)(CCCCN(CCN1CCCCC1)[Si](CC)(CC)CC)OCC. The van der Waals surface area contributed by atoms with Gasteiger partial charge in [-0.15, -0.1) is 0 Å². The summed E-state index contributed by atoms with van der Waals surface area (Å²) in [4.78, 5) is 2.71. The molecule has 0 aliphatic carbocycles. The Kier molecular flexibility index (Phi) is 13.4. The fraction of sp³-hybridized carbons (Fsp3) is 1.00. The molecule has 0 aromatic heterocycles. The van der Waals surface area contributed by atoms with Crippen LogP contribution in [0.2, 0.25) is 30.7 Å². The summed E-state index contributed by atoms with van der Waals surface area (Å²) in [5.74, 6) is 0. The van der Waals surface area contributed by atoms with E-state index in [2.05, 4.69) is 50.6 Å². The minimum absolute atomic E-state index is 0.780. The molecule has 28 heavy (non-hydrogen) atoms. The second-order valence-corrected chi connectivity index (χ2v) is 17.2. The zero-order chi connectivity index (χ0) is 20.9. The van der Waals surface area contributed by atoms with Crippen molar-refractivity contribution >= 4 is 16.8 Å². The molecule has 6 heteroatoms. The topological polar surface area (TPSA) is 24.9 Å². The van der Waals surface area contributed by atoms with Gasteiger partial charge >= 0.3 is 8.56 Å². The highest BCUT2D eigenvalue weighted by Crippen LogP contribution is 2.26. The summed E-state index contributed by atoms with van der Waals surface area (Å²) < 4.78 is 15.1. The van der Waals surface area contributed by atoms with Crippen molar-refractivity contribution < 1.29 is 8.85 Å². The molecule has 1 saturated heterocycles. The molecular formula is C22H50N2O2Si2. The molecule has 0 spiro atoms. The zero-order valence-electron chi connectivity index (χ0n) is 20.0. The Morgan fingerprint density at radius 2 is 1.36 bits per heavy atom. The molecular weight excluding hydrogens is 380 g/mol. The number of hydrogen-bond donors (Lipinski definition) is 0. The fourth-order valence-electron chi connectivity index (χ4n) is 5.00. The van der Waals surface area contributed by atoms with E-state index in [1.165, 1.54) is 83.0 Å². The van der Waals surface area contributed by atoms with Gasteiger partial charge in [0.05, 0.1) is 0 Å². The minimum Gasteiger partial charge on any atom is -0.395 e. The van der Waals surface area contributed by atoms with E-state index in [9.17, 15) is 0 Å². The lowest BCUT2D eigenvalue weighted by Crippen LogP contribution is -2.55. The Labute approximate surface area is 178 Å². The summed E-state index contributed by atoms with van der Waals surface area (Å²) in [6.45, 7) is 21.8. The fourth-order valence-corrected chi connectivity index (χ4v) is 11.5. The highest BCUT2D eigenvalue weighted by molar-refractivity contribution is 6.77. The van der Waals surface area contributed by atoms with Crippen LogP contribution in [0.1, 0.15) is 66.7 Å². The molecule has 1 fully saturated rings. The van der Waals surface area contributed by atoms with E-state index in [1.54, 1.807) is 0 Å². The number of piperidine rings is 1. The second kappa shape index (κ2) is 14.3. The van der Waals surface area contributed by atoms with Crippen LogP contribution in [0, 0.1) is 0 Å². The third-order valence-corrected chi connectivity index (χ3v) is 15.8. The van der Waals surface area contributed by atoms with Crippen molar-refractivity contribution in [3.63, 3.8) is 0 Å². The van der Waals surface area contributed by atoms with Crippen LogP contribution in [0.15, 0.2) is 0 Å². The predicted octanol–water partition coefficient (Wildman–Crippen LogP) is 5.70. The molecule has 0 saturated carbocycles. The van der Waals surface area contributed by atoms with Gasteiger partial charge in [-0.3, -0.25) is 0 Å². The van der Waals surface area contributed by atoms with Crippen molar-refractivity contribution in [3.8, 4) is 0 Å². The van der Waals surface area contributed by atoms with Crippen LogP contribution in [-0.4, -0.2) is 72.2 Å². The molecule has 0 radical (unpaired) electrons. The van der Waals surface area contributed by atoms with Crippen LogP contribution in [0.5, 0.6) is 0 Å². The van der Waals surface area contributed by atoms with Gasteiger partial charge in [-0.05, 0) is 83.5 Å². The minimum atomic E-state index is -1.95. The molecule has 0 bridgehead atoms. The molecule has 0 aromatic carbocycles. The lowest BCUT2D eigenvalue weighted by molar-refractivity contribution is 0.187. The Balaban J connectivity index is 2.60. The lowest BCUT2D eigenvalue weighted by atomic mass is 10.1. The van der Waals surface area contributed by atoms with E-state index >= 15 is 0 Å². The number of nitrogens with zero attached hydrogens (tertiary/aromatic N) is 2. The molecule has 1 rings (SSSR count). The van der Waals surface area contributed by atoms with Crippen LogP contribution >= 0.6 is 0 Å². The maximum Gasteiger partial charge on any atom is 0.334 e. The molecule has 1 aliphatic rings. The maximum atomic E-state index is 6.04. The summed E-state index contributed by atoms with van der Waals surface area (Å²) in [5, 5.41) is 0. The highest BCUT2D eigenvalue weighted by Gasteiger charge is 2.35. The number of hydrogen-bond acceptors (Lipinski definition) is 4. The zero-order valence-corrected chi connectivity index (χ0v) is 22.0. The quantitative estimate of drug-likeness (QED) is 0.231. The van der Waals surface area contributed by atoms with Crippen LogP contribution in [-0.2, 0) is 8.85 Å². The molecule has 0 N–H and O–H groups in total. The van der Waals surface area contributed by atoms with Crippen molar-refractivity contribution in [2.24, 2.45) is 0 Å². The third-order valence-electron chi connectivity index (χ3n) is 6.99. The lowest BCUT2D eigenvalue weighted by Gasteiger charge is -2.42. The first-order chi connectivity index (χ1) is 13.5. The van der Waals surface area contributed by atoms with Crippen molar-refractivity contribution in [1.29, 1.82) is 0 Å². The van der Waals surface area contributed by atoms with Crippen molar-refractivity contribution in [1.82, 2.24) is 9.47 Å². The highest BCUT2D eigenvalue weighted by atomic mass is 28.4. The van der Waals surface area contributed by atoms with Crippen LogP contribution in [0.4, 0.5) is 0 Å². The molecule has 0 unspecified atom stereocenters. The van der Waals surface area contributed by atoms with Gasteiger partial charge in [0.15, 0.2) is 0 Å². The monoisotopic (exact) mass is 430 g/mol. The molecule has 1 heterocycles. The molecule has 0 aromatic rings. The first kappa shape index (κ1) is 26.3. The van der Waals surface area contributed by atoms with Crippen molar-refractivity contribution in [2.75, 3.05) is 45.9 Å². The molecule has 0 atom stereocenters. The van der Waals surface area contributed by atoms with E-state index in [0.29, 0.717) is 0 Å². The maximum absolute atomic E-state index is 6.04. The Morgan fingerprint density at radius 3 is 1.86 bits per heavy atom. The van der Waals surface area contributed by atoms with Gasteiger partial charge in [0.2, 0.25) is 0 Å². The Morgan fingerprint density at radius 1 is 0.786 bits per heavy atom. The normalized spacial score (nSPS) is 16.8.